The Morgan fingerprint density at radius 3 is 2.22 bits per heavy atom. The number of hydrogen-bond donors (Lipinski definition) is 1. The summed E-state index contributed by atoms with van der Waals surface area (Å²) in [6.07, 6.45) is 4.39. The van der Waals surface area contributed by atoms with E-state index in [1.165, 1.54) is 16.9 Å². The molecule has 2 saturated heterocycles. The number of anilines is 2. The molecular formula is C41H54N6O3. The predicted octanol–water partition coefficient (Wildman–Crippen LogP) is 7.40. The van der Waals surface area contributed by atoms with Gasteiger partial charge >= 0.3 is 6.09 Å². The Labute approximate surface area is 297 Å². The Balaban J connectivity index is 1.11. The molecule has 50 heavy (non-hydrogen) atoms. The van der Waals surface area contributed by atoms with Gasteiger partial charge in [-0.2, -0.15) is 0 Å². The van der Waals surface area contributed by atoms with Crippen LogP contribution >= 0.6 is 0 Å². The zero-order valence-electron chi connectivity index (χ0n) is 30.3. The molecule has 1 N–H and O–H groups in total. The van der Waals surface area contributed by atoms with Crippen LogP contribution in [0.15, 0.2) is 78.9 Å². The van der Waals surface area contributed by atoms with Crippen molar-refractivity contribution in [2.75, 3.05) is 49.1 Å². The zero-order chi connectivity index (χ0) is 35.1. The van der Waals surface area contributed by atoms with E-state index in [0.717, 1.165) is 81.9 Å². The highest BCUT2D eigenvalue weighted by Gasteiger charge is 2.31. The Morgan fingerprint density at radius 1 is 0.880 bits per heavy atom. The Kier molecular flexibility index (Phi) is 11.3. The topological polar surface area (TPSA) is 82.9 Å². The van der Waals surface area contributed by atoms with Gasteiger partial charge in [0.05, 0.1) is 11.0 Å². The van der Waals surface area contributed by atoms with Crippen molar-refractivity contribution in [1.29, 1.82) is 0 Å². The van der Waals surface area contributed by atoms with E-state index in [1.807, 2.05) is 31.7 Å². The van der Waals surface area contributed by atoms with E-state index in [1.54, 1.807) is 0 Å². The molecular weight excluding hydrogens is 624 g/mol. The number of likely N-dealkylation sites (tertiary alicyclic amines) is 1. The van der Waals surface area contributed by atoms with E-state index in [9.17, 15) is 9.59 Å². The molecule has 0 unspecified atom stereocenters. The fourth-order valence-corrected chi connectivity index (χ4v) is 7.35. The minimum absolute atomic E-state index is 0.0554. The summed E-state index contributed by atoms with van der Waals surface area (Å²) in [5, 5.41) is 3.04. The summed E-state index contributed by atoms with van der Waals surface area (Å²) in [7, 11) is 0. The van der Waals surface area contributed by atoms with Gasteiger partial charge in [0.1, 0.15) is 11.4 Å². The van der Waals surface area contributed by atoms with Gasteiger partial charge < -0.3 is 29.3 Å². The van der Waals surface area contributed by atoms with E-state index in [0.29, 0.717) is 13.0 Å². The van der Waals surface area contributed by atoms with Gasteiger partial charge in [0.2, 0.25) is 5.91 Å². The molecule has 6 rings (SSSR count). The number of piperidine rings is 1. The fourth-order valence-electron chi connectivity index (χ4n) is 7.35. The second-order valence-electron chi connectivity index (χ2n) is 14.9. The Hall–Kier alpha value is -4.53. The molecule has 2 aliphatic rings. The maximum absolute atomic E-state index is 14.0. The molecule has 0 aliphatic carbocycles. The normalized spacial score (nSPS) is 17.5. The first-order valence-corrected chi connectivity index (χ1v) is 18.5. The van der Waals surface area contributed by atoms with Crippen LogP contribution in [-0.4, -0.2) is 77.4 Å². The number of nitrogens with zero attached hydrogens (tertiary/aromatic N) is 5. The minimum Gasteiger partial charge on any atom is -0.444 e. The van der Waals surface area contributed by atoms with Crippen molar-refractivity contribution in [3.63, 3.8) is 0 Å². The highest BCUT2D eigenvalue weighted by molar-refractivity contribution is 5.79. The number of alkyl carbamates (subject to hydrolysis) is 1. The average Bonchev–Trinajstić information content (AvgIpc) is 3.49. The van der Waals surface area contributed by atoms with Gasteiger partial charge in [-0.3, -0.25) is 4.79 Å². The Bertz CT molecular complexity index is 1710. The van der Waals surface area contributed by atoms with Crippen molar-refractivity contribution in [2.24, 2.45) is 0 Å². The molecule has 9 nitrogen and oxygen atoms in total. The number of carbonyl (C=O) groups is 2. The number of nitrogens with one attached hydrogen (secondary N) is 1. The first-order chi connectivity index (χ1) is 24.2. The lowest BCUT2D eigenvalue weighted by molar-refractivity contribution is -0.133. The van der Waals surface area contributed by atoms with Crippen LogP contribution in [0.2, 0.25) is 0 Å². The second kappa shape index (κ2) is 16.0. The maximum Gasteiger partial charge on any atom is 0.407 e. The van der Waals surface area contributed by atoms with Gasteiger partial charge in [-0.25, -0.2) is 9.78 Å². The van der Waals surface area contributed by atoms with Crippen LogP contribution in [-0.2, 0) is 22.5 Å². The number of aryl methyl sites for hydroxylation is 1. The molecule has 9 heteroatoms. The van der Waals surface area contributed by atoms with Gasteiger partial charge in [-0.15, -0.1) is 0 Å². The van der Waals surface area contributed by atoms with Crippen molar-refractivity contribution in [2.45, 2.75) is 90.3 Å². The zero-order valence-corrected chi connectivity index (χ0v) is 30.3. The third-order valence-electron chi connectivity index (χ3n) is 9.89. The molecule has 0 radical (unpaired) electrons. The lowest BCUT2D eigenvalue weighted by atomic mass is 9.95. The van der Waals surface area contributed by atoms with Gasteiger partial charge in [0.25, 0.3) is 0 Å². The van der Waals surface area contributed by atoms with Crippen molar-refractivity contribution < 1.29 is 14.3 Å². The van der Waals surface area contributed by atoms with Gasteiger partial charge in [0, 0.05) is 75.6 Å². The number of aromatic nitrogens is 2. The number of piperazine rings is 1. The third kappa shape index (κ3) is 8.97. The average molecular weight is 679 g/mol. The van der Waals surface area contributed by atoms with Crippen LogP contribution < -0.4 is 15.1 Å². The van der Waals surface area contributed by atoms with Gasteiger partial charge in [0.15, 0.2) is 0 Å². The molecule has 3 aromatic carbocycles. The van der Waals surface area contributed by atoms with Crippen molar-refractivity contribution >= 4 is 34.4 Å². The van der Waals surface area contributed by atoms with Crippen molar-refractivity contribution in [3.8, 4) is 0 Å². The highest BCUT2D eigenvalue weighted by Crippen LogP contribution is 2.30. The summed E-state index contributed by atoms with van der Waals surface area (Å²) < 4.78 is 8.00. The summed E-state index contributed by atoms with van der Waals surface area (Å²) in [5.41, 5.74) is 5.09. The summed E-state index contributed by atoms with van der Waals surface area (Å²) in [4.78, 5) is 38.8. The number of imidazole rings is 1. The molecule has 0 spiro atoms. The van der Waals surface area contributed by atoms with Crippen LogP contribution in [0.4, 0.5) is 16.2 Å². The SMILES string of the molecule is CCCCn1c([C@@H]2CCCN(C(=O)C[C@@H](Cc3ccc(N4CCN(c5ccccc5)CC4)cc3)NC(=O)OC(C)(C)C)C2)nc2ccccc21. The number of ether oxygens (including phenoxy) is 1. The molecule has 2 fully saturated rings. The molecule has 0 bridgehead atoms. The smallest absolute Gasteiger partial charge is 0.407 e. The van der Waals surface area contributed by atoms with E-state index in [2.05, 4.69) is 99.4 Å². The monoisotopic (exact) mass is 678 g/mol. The fraction of sp³-hybridized carbons (Fsp3) is 0.488. The third-order valence-corrected chi connectivity index (χ3v) is 9.89. The molecule has 4 aromatic rings. The molecule has 0 saturated carbocycles. The standard InChI is InChI=1S/C41H54N6O3/c1-5-6-23-47-37-17-11-10-16-36(37)43-39(47)32-13-12-22-46(30-32)38(48)29-33(42-40(49)50-41(2,3)4)28-31-18-20-35(21-19-31)45-26-24-44(25-27-45)34-14-8-7-9-15-34/h7-11,14-21,32-33H,5-6,12-13,22-30H2,1-4H3,(H,42,49)/t32-,33-/m1/s1. The van der Waals surface area contributed by atoms with Crippen LogP contribution in [0, 0.1) is 0 Å². The lowest BCUT2D eigenvalue weighted by Gasteiger charge is -2.37. The molecule has 3 heterocycles. The van der Waals surface area contributed by atoms with E-state index < -0.39 is 17.7 Å². The van der Waals surface area contributed by atoms with E-state index >= 15 is 0 Å². The maximum atomic E-state index is 14.0. The quantitative estimate of drug-likeness (QED) is 0.178. The van der Waals surface area contributed by atoms with Crippen LogP contribution in [0.3, 0.4) is 0 Å². The van der Waals surface area contributed by atoms with Crippen molar-refractivity contribution in [1.82, 2.24) is 19.8 Å². The number of fused-ring (bicyclic) bond motifs is 1. The number of amides is 2. The molecule has 2 atom stereocenters. The van der Waals surface area contributed by atoms with Crippen LogP contribution in [0.1, 0.15) is 77.1 Å². The molecule has 2 aliphatic heterocycles. The number of rotatable bonds is 11. The largest absolute Gasteiger partial charge is 0.444 e. The first-order valence-electron chi connectivity index (χ1n) is 18.5. The van der Waals surface area contributed by atoms with E-state index in [4.69, 9.17) is 9.72 Å². The van der Waals surface area contributed by atoms with Crippen molar-refractivity contribution in [3.05, 3.63) is 90.3 Å². The number of benzene rings is 3. The predicted molar refractivity (Wildman–Crippen MR) is 202 cm³/mol. The number of unbranched alkanes of at least 4 members (excludes halogenated alkanes) is 1. The number of carbonyl (C=O) groups excluding carboxylic acids is 2. The summed E-state index contributed by atoms with van der Waals surface area (Å²) in [6, 6.07) is 27.1. The molecule has 266 valence electrons. The van der Waals surface area contributed by atoms with E-state index in [-0.39, 0.29) is 18.2 Å². The minimum atomic E-state index is -0.631. The van der Waals surface area contributed by atoms with Crippen LogP contribution in [0.25, 0.3) is 11.0 Å². The molecule has 1 aromatic heterocycles. The number of hydrogen-bond acceptors (Lipinski definition) is 6. The van der Waals surface area contributed by atoms with Gasteiger partial charge in [-0.05, 0) is 88.4 Å². The molecule has 2 amide bonds. The Morgan fingerprint density at radius 2 is 1.54 bits per heavy atom. The number of para-hydroxylation sites is 3. The first kappa shape index (κ1) is 35.3. The summed E-state index contributed by atoms with van der Waals surface area (Å²) >= 11 is 0. The summed E-state index contributed by atoms with van der Waals surface area (Å²) in [5.74, 6) is 1.32. The highest BCUT2D eigenvalue weighted by atomic mass is 16.6. The lowest BCUT2D eigenvalue weighted by Crippen LogP contribution is -2.46. The second-order valence-corrected chi connectivity index (χ2v) is 14.9. The summed E-state index contributed by atoms with van der Waals surface area (Å²) in [6.45, 7) is 13.9. The van der Waals surface area contributed by atoms with Gasteiger partial charge in [-0.1, -0.05) is 55.8 Å². The van der Waals surface area contributed by atoms with Crippen LogP contribution in [0.5, 0.6) is 0 Å².